The zero-order valence-electron chi connectivity index (χ0n) is 8.38. The first-order valence-corrected chi connectivity index (χ1v) is 4.90. The van der Waals surface area contributed by atoms with E-state index in [0.29, 0.717) is 5.82 Å². The predicted octanol–water partition coefficient (Wildman–Crippen LogP) is 1.52. The van der Waals surface area contributed by atoms with Crippen LogP contribution >= 0.6 is 0 Å². The van der Waals surface area contributed by atoms with E-state index in [9.17, 15) is 0 Å². The van der Waals surface area contributed by atoms with E-state index in [1.165, 1.54) is 0 Å². The molecule has 0 amide bonds. The lowest BCUT2D eigenvalue weighted by molar-refractivity contribution is 0.880. The number of hydrogen-bond acceptors (Lipinski definition) is 4. The molecule has 2 aromatic rings. The maximum absolute atomic E-state index is 4.22. The van der Waals surface area contributed by atoms with Crippen LogP contribution in [-0.4, -0.2) is 22.6 Å². The number of rotatable bonds is 1. The van der Waals surface area contributed by atoms with Crippen molar-refractivity contribution in [1.29, 1.82) is 0 Å². The molecule has 0 aliphatic carbocycles. The Morgan fingerprint density at radius 2 is 2.06 bits per heavy atom. The molecule has 0 saturated carbocycles. The van der Waals surface area contributed by atoms with Gasteiger partial charge in [-0.15, -0.1) is 0 Å². The summed E-state index contributed by atoms with van der Waals surface area (Å²) < 4.78 is 0. The minimum atomic E-state index is 0.680. The summed E-state index contributed by atoms with van der Waals surface area (Å²) in [5, 5.41) is 12.1. The number of fused-ring (bicyclic) bond motifs is 1. The summed E-state index contributed by atoms with van der Waals surface area (Å²) in [4.78, 5) is 4.13. The van der Waals surface area contributed by atoms with Crippen molar-refractivity contribution in [2.75, 3.05) is 0 Å². The van der Waals surface area contributed by atoms with Gasteiger partial charge in [0, 0.05) is 17.7 Å². The van der Waals surface area contributed by atoms with Crippen molar-refractivity contribution in [3.63, 3.8) is 0 Å². The monoisotopic (exact) mass is 211 g/mol. The van der Waals surface area contributed by atoms with Gasteiger partial charge in [-0.05, 0) is 6.07 Å². The largest absolute Gasteiger partial charge is 0.277 e. The molecule has 1 aromatic carbocycles. The first-order valence-electron chi connectivity index (χ1n) is 4.90. The van der Waals surface area contributed by atoms with Crippen LogP contribution in [0.3, 0.4) is 0 Å². The Morgan fingerprint density at radius 1 is 1.12 bits per heavy atom. The van der Waals surface area contributed by atoms with Gasteiger partial charge in [0.1, 0.15) is 5.82 Å². The summed E-state index contributed by atoms with van der Waals surface area (Å²) in [5.41, 5.74) is 4.67. The molecule has 0 radical (unpaired) electrons. The summed E-state index contributed by atoms with van der Waals surface area (Å²) in [7, 11) is 0. The third-order valence-corrected chi connectivity index (χ3v) is 2.31. The molecule has 1 aliphatic heterocycles. The number of hydrazone groups is 1. The molecule has 5 nitrogen and oxygen atoms in total. The molecular formula is C11H9N5. The maximum Gasteiger partial charge on any atom is 0.148 e. The second-order valence-corrected chi connectivity index (χ2v) is 3.35. The molecule has 0 bridgehead atoms. The molecule has 78 valence electrons. The molecule has 3 rings (SSSR count). The van der Waals surface area contributed by atoms with Crippen molar-refractivity contribution >= 4 is 29.4 Å². The summed E-state index contributed by atoms with van der Waals surface area (Å²) in [6, 6.07) is 7.95. The van der Waals surface area contributed by atoms with Gasteiger partial charge in [-0.3, -0.25) is 10.5 Å². The predicted molar refractivity (Wildman–Crippen MR) is 64.2 cm³/mol. The van der Waals surface area contributed by atoms with Gasteiger partial charge in [0.2, 0.25) is 0 Å². The maximum atomic E-state index is 4.22. The van der Waals surface area contributed by atoms with E-state index in [1.54, 1.807) is 12.4 Å². The van der Waals surface area contributed by atoms with E-state index in [-0.39, 0.29) is 0 Å². The molecular weight excluding hydrogens is 202 g/mol. The van der Waals surface area contributed by atoms with Crippen LogP contribution in [0.1, 0.15) is 5.69 Å². The molecule has 0 spiro atoms. The minimum absolute atomic E-state index is 0.680. The van der Waals surface area contributed by atoms with E-state index in [0.717, 1.165) is 16.6 Å². The standard InChI is InChI=1S/C11H9N5/c1-2-4-9-8(3-1)10(15-14-9)7-11-12-5-6-13-16-11/h1-7,16H,(H,14,15). The Morgan fingerprint density at radius 3 is 2.94 bits per heavy atom. The van der Waals surface area contributed by atoms with Crippen LogP contribution < -0.4 is 5.43 Å². The Hall–Kier alpha value is -2.43. The molecule has 0 atom stereocenters. The average Bonchev–Trinajstić information content (AvgIpc) is 2.74. The summed E-state index contributed by atoms with van der Waals surface area (Å²) in [5.74, 6) is 0.680. The van der Waals surface area contributed by atoms with Gasteiger partial charge in [0.15, 0.2) is 0 Å². The number of benzene rings is 1. The zero-order chi connectivity index (χ0) is 10.8. The molecule has 0 fully saturated rings. The number of aromatic amines is 1. The topological polar surface area (TPSA) is 65.4 Å². The van der Waals surface area contributed by atoms with Crippen molar-refractivity contribution < 1.29 is 0 Å². The van der Waals surface area contributed by atoms with Crippen LogP contribution in [0.25, 0.3) is 17.0 Å². The lowest BCUT2D eigenvalue weighted by Crippen LogP contribution is -2.08. The highest BCUT2D eigenvalue weighted by atomic mass is 15.3. The molecule has 1 aromatic heterocycles. The second kappa shape index (κ2) is 3.62. The molecule has 2 heterocycles. The number of nitrogens with one attached hydrogen (secondary N) is 2. The Bertz CT molecular complexity index is 606. The number of nitrogens with zero attached hydrogens (tertiary/aromatic N) is 3. The third-order valence-electron chi connectivity index (χ3n) is 2.31. The molecule has 1 aliphatic rings. The van der Waals surface area contributed by atoms with E-state index in [1.807, 2.05) is 30.3 Å². The molecule has 5 heteroatoms. The second-order valence-electron chi connectivity index (χ2n) is 3.35. The molecule has 0 unspecified atom stereocenters. The fourth-order valence-electron chi connectivity index (χ4n) is 1.57. The van der Waals surface area contributed by atoms with E-state index in [2.05, 4.69) is 25.7 Å². The van der Waals surface area contributed by atoms with Gasteiger partial charge in [-0.2, -0.15) is 10.2 Å². The van der Waals surface area contributed by atoms with Crippen LogP contribution in [0.5, 0.6) is 0 Å². The van der Waals surface area contributed by atoms with Gasteiger partial charge in [-0.1, -0.05) is 18.2 Å². The van der Waals surface area contributed by atoms with Gasteiger partial charge in [0.05, 0.1) is 17.4 Å². The van der Waals surface area contributed by atoms with Crippen LogP contribution in [0.2, 0.25) is 0 Å². The average molecular weight is 211 g/mol. The summed E-state index contributed by atoms with van der Waals surface area (Å²) >= 11 is 0. The highest BCUT2D eigenvalue weighted by Crippen LogP contribution is 2.17. The van der Waals surface area contributed by atoms with Crippen molar-refractivity contribution in [2.24, 2.45) is 10.1 Å². The van der Waals surface area contributed by atoms with Gasteiger partial charge in [0.25, 0.3) is 0 Å². The smallest absolute Gasteiger partial charge is 0.148 e. The highest BCUT2D eigenvalue weighted by Gasteiger charge is 2.03. The van der Waals surface area contributed by atoms with Crippen LogP contribution in [0, 0.1) is 0 Å². The number of aliphatic imine (C=N–C) groups is 1. The van der Waals surface area contributed by atoms with E-state index in [4.69, 9.17) is 0 Å². The fourth-order valence-corrected chi connectivity index (χ4v) is 1.57. The van der Waals surface area contributed by atoms with Gasteiger partial charge < -0.3 is 0 Å². The van der Waals surface area contributed by atoms with Crippen molar-refractivity contribution in [1.82, 2.24) is 15.6 Å². The van der Waals surface area contributed by atoms with E-state index < -0.39 is 0 Å². The molecule has 2 N–H and O–H groups in total. The first-order chi connectivity index (χ1) is 7.93. The van der Waals surface area contributed by atoms with Crippen molar-refractivity contribution in [3.8, 4) is 0 Å². The SMILES string of the molecule is C1=NNC(=Cc2n[nH]c3ccccc23)N=C1. The normalized spacial score (nSPS) is 16.9. The van der Waals surface area contributed by atoms with Crippen LogP contribution in [0.15, 0.2) is 40.2 Å². The Balaban J connectivity index is 2.07. The quantitative estimate of drug-likeness (QED) is 0.751. The lowest BCUT2D eigenvalue weighted by Gasteiger charge is -2.01. The highest BCUT2D eigenvalue weighted by molar-refractivity contribution is 6.16. The van der Waals surface area contributed by atoms with Crippen LogP contribution in [0.4, 0.5) is 0 Å². The number of aromatic nitrogens is 2. The van der Waals surface area contributed by atoms with E-state index >= 15 is 0 Å². The summed E-state index contributed by atoms with van der Waals surface area (Å²) in [6.45, 7) is 0. The van der Waals surface area contributed by atoms with Crippen LogP contribution in [-0.2, 0) is 0 Å². The Labute approximate surface area is 91.6 Å². The Kier molecular flexibility index (Phi) is 2.00. The minimum Gasteiger partial charge on any atom is -0.277 e. The zero-order valence-corrected chi connectivity index (χ0v) is 8.38. The lowest BCUT2D eigenvalue weighted by atomic mass is 10.2. The fraction of sp³-hybridized carbons (Fsp3) is 0. The third kappa shape index (κ3) is 1.48. The molecule has 0 saturated heterocycles. The van der Waals surface area contributed by atoms with Crippen molar-refractivity contribution in [3.05, 3.63) is 35.8 Å². The summed E-state index contributed by atoms with van der Waals surface area (Å²) in [6.07, 6.45) is 5.09. The van der Waals surface area contributed by atoms with Gasteiger partial charge in [-0.25, -0.2) is 4.99 Å². The number of para-hydroxylation sites is 1. The van der Waals surface area contributed by atoms with Crippen molar-refractivity contribution in [2.45, 2.75) is 0 Å². The first kappa shape index (κ1) is 8.84. The number of hydrogen-bond donors (Lipinski definition) is 2. The molecule has 16 heavy (non-hydrogen) atoms. The number of H-pyrrole nitrogens is 1. The van der Waals surface area contributed by atoms with Gasteiger partial charge >= 0.3 is 0 Å².